The fourth-order valence-corrected chi connectivity index (χ4v) is 4.28. The first-order chi connectivity index (χ1) is 17.6. The van der Waals surface area contributed by atoms with Gasteiger partial charge in [-0.2, -0.15) is 5.10 Å². The Morgan fingerprint density at radius 3 is 2.30 bits per heavy atom. The van der Waals surface area contributed by atoms with Crippen LogP contribution in [0.3, 0.4) is 0 Å². The standard InChI is InChI=1S/C25H25BrN4O6S/c1-35-22-12-8-20(9-13-22)28-25(32)17-36-23-10-6-18(7-11-23)15-27-29-24(31)16-30(37(2,33)34)21-5-3-4-19(26)14-21/h3-15H,16-17H2,1-2H3,(H,28,32)(H,29,31)/b27-15+. The molecule has 0 spiro atoms. The van der Waals surface area contributed by atoms with Gasteiger partial charge in [-0.25, -0.2) is 13.8 Å². The molecule has 0 unspecified atom stereocenters. The molecule has 0 aliphatic carbocycles. The van der Waals surface area contributed by atoms with Crippen molar-refractivity contribution < 1.29 is 27.5 Å². The van der Waals surface area contributed by atoms with E-state index in [-0.39, 0.29) is 12.5 Å². The minimum absolute atomic E-state index is 0.176. The first-order valence-corrected chi connectivity index (χ1v) is 13.5. The van der Waals surface area contributed by atoms with Crippen molar-refractivity contribution >= 4 is 55.4 Å². The van der Waals surface area contributed by atoms with Crippen LogP contribution in [-0.2, 0) is 19.6 Å². The lowest BCUT2D eigenvalue weighted by atomic mass is 10.2. The van der Waals surface area contributed by atoms with Gasteiger partial charge >= 0.3 is 0 Å². The lowest BCUT2D eigenvalue weighted by molar-refractivity contribution is -0.119. The summed E-state index contributed by atoms with van der Waals surface area (Å²) in [6.45, 7) is -0.609. The Balaban J connectivity index is 1.48. The van der Waals surface area contributed by atoms with Gasteiger partial charge in [-0.05, 0) is 72.3 Å². The molecular weight excluding hydrogens is 564 g/mol. The smallest absolute Gasteiger partial charge is 0.262 e. The van der Waals surface area contributed by atoms with Crippen molar-refractivity contribution in [3.63, 3.8) is 0 Å². The van der Waals surface area contributed by atoms with Crippen molar-refractivity contribution in [2.45, 2.75) is 0 Å². The van der Waals surface area contributed by atoms with Crippen molar-refractivity contribution in [1.29, 1.82) is 0 Å². The van der Waals surface area contributed by atoms with Gasteiger partial charge in [-0.15, -0.1) is 0 Å². The number of sulfonamides is 1. The molecule has 0 atom stereocenters. The molecule has 0 bridgehead atoms. The Labute approximate surface area is 223 Å². The van der Waals surface area contributed by atoms with E-state index in [4.69, 9.17) is 9.47 Å². The number of carbonyl (C=O) groups is 2. The largest absolute Gasteiger partial charge is 0.497 e. The summed E-state index contributed by atoms with van der Waals surface area (Å²) < 4.78 is 36.6. The maximum absolute atomic E-state index is 12.3. The van der Waals surface area contributed by atoms with Gasteiger partial charge in [0.25, 0.3) is 11.8 Å². The molecule has 0 aliphatic heterocycles. The second kappa shape index (κ2) is 12.9. The van der Waals surface area contributed by atoms with Crippen molar-refractivity contribution in [2.75, 3.05) is 36.1 Å². The van der Waals surface area contributed by atoms with Crippen LogP contribution in [-0.4, -0.2) is 53.0 Å². The number of nitrogens with zero attached hydrogens (tertiary/aromatic N) is 2. The number of amides is 2. The highest BCUT2D eigenvalue weighted by Gasteiger charge is 2.20. The molecule has 3 aromatic carbocycles. The van der Waals surface area contributed by atoms with E-state index in [9.17, 15) is 18.0 Å². The van der Waals surface area contributed by atoms with Crippen LogP contribution in [0.4, 0.5) is 11.4 Å². The molecule has 0 radical (unpaired) electrons. The van der Waals surface area contributed by atoms with E-state index in [2.05, 4.69) is 31.8 Å². The molecule has 0 heterocycles. The Kier molecular flexibility index (Phi) is 9.64. The summed E-state index contributed by atoms with van der Waals surface area (Å²) in [7, 11) is -2.13. The van der Waals surface area contributed by atoms with E-state index in [1.54, 1.807) is 79.9 Å². The number of ether oxygens (including phenoxy) is 2. The van der Waals surface area contributed by atoms with Crippen LogP contribution in [0.15, 0.2) is 82.4 Å². The number of benzene rings is 3. The summed E-state index contributed by atoms with van der Waals surface area (Å²) in [5, 5.41) is 6.61. The van der Waals surface area contributed by atoms with Crippen LogP contribution in [0.25, 0.3) is 0 Å². The maximum atomic E-state index is 12.3. The number of anilines is 2. The molecule has 12 heteroatoms. The number of methoxy groups -OCH3 is 1. The average Bonchev–Trinajstić information content (AvgIpc) is 2.86. The summed E-state index contributed by atoms with van der Waals surface area (Å²) in [5.41, 5.74) is 3.95. The summed E-state index contributed by atoms with van der Waals surface area (Å²) in [6.07, 6.45) is 2.43. The normalized spacial score (nSPS) is 11.1. The zero-order valence-corrected chi connectivity index (χ0v) is 22.5. The summed E-state index contributed by atoms with van der Waals surface area (Å²) >= 11 is 3.29. The maximum Gasteiger partial charge on any atom is 0.262 e. The number of hydrogen-bond acceptors (Lipinski definition) is 7. The second-order valence-electron chi connectivity index (χ2n) is 7.68. The molecule has 2 N–H and O–H groups in total. The van der Waals surface area contributed by atoms with Gasteiger partial charge in [0.1, 0.15) is 18.0 Å². The zero-order chi connectivity index (χ0) is 26.8. The highest BCUT2D eigenvalue weighted by atomic mass is 79.9. The number of halogens is 1. The van der Waals surface area contributed by atoms with Gasteiger partial charge in [-0.1, -0.05) is 22.0 Å². The molecule has 0 saturated heterocycles. The number of rotatable bonds is 11. The SMILES string of the molecule is COc1ccc(NC(=O)COc2ccc(/C=N/NC(=O)CN(c3cccc(Br)c3)S(C)(=O)=O)cc2)cc1. The Morgan fingerprint density at radius 2 is 1.68 bits per heavy atom. The van der Waals surface area contributed by atoms with Crippen molar-refractivity contribution in [1.82, 2.24) is 5.43 Å². The molecule has 0 fully saturated rings. The fraction of sp³-hybridized carbons (Fsp3) is 0.160. The van der Waals surface area contributed by atoms with Crippen LogP contribution < -0.4 is 24.5 Å². The Hall–Kier alpha value is -3.90. The molecule has 0 aromatic heterocycles. The van der Waals surface area contributed by atoms with Gasteiger partial charge in [0.05, 0.1) is 25.3 Å². The third kappa shape index (κ3) is 8.92. The average molecular weight is 589 g/mol. The Bertz CT molecular complexity index is 1360. The third-order valence-electron chi connectivity index (χ3n) is 4.81. The van der Waals surface area contributed by atoms with Gasteiger partial charge in [0, 0.05) is 10.2 Å². The molecule has 3 aromatic rings. The molecule has 194 valence electrons. The molecule has 3 rings (SSSR count). The van der Waals surface area contributed by atoms with E-state index in [0.717, 1.165) is 10.6 Å². The lowest BCUT2D eigenvalue weighted by Gasteiger charge is -2.21. The van der Waals surface area contributed by atoms with E-state index >= 15 is 0 Å². The lowest BCUT2D eigenvalue weighted by Crippen LogP contribution is -2.39. The van der Waals surface area contributed by atoms with E-state index < -0.39 is 22.5 Å². The first kappa shape index (κ1) is 27.7. The van der Waals surface area contributed by atoms with Gasteiger partial charge in [0.2, 0.25) is 10.0 Å². The van der Waals surface area contributed by atoms with Crippen LogP contribution in [0.2, 0.25) is 0 Å². The molecule has 0 saturated carbocycles. The topological polar surface area (TPSA) is 126 Å². The van der Waals surface area contributed by atoms with Crippen LogP contribution in [0, 0.1) is 0 Å². The number of hydrogen-bond donors (Lipinski definition) is 2. The van der Waals surface area contributed by atoms with E-state index in [1.165, 1.54) is 6.21 Å². The predicted molar refractivity (Wildman–Crippen MR) is 146 cm³/mol. The third-order valence-corrected chi connectivity index (χ3v) is 6.44. The van der Waals surface area contributed by atoms with Crippen LogP contribution >= 0.6 is 15.9 Å². The molecule has 37 heavy (non-hydrogen) atoms. The van der Waals surface area contributed by atoms with Crippen molar-refractivity contribution in [3.05, 3.63) is 82.8 Å². The van der Waals surface area contributed by atoms with Crippen molar-refractivity contribution in [3.8, 4) is 11.5 Å². The van der Waals surface area contributed by atoms with Gasteiger partial charge < -0.3 is 14.8 Å². The first-order valence-electron chi connectivity index (χ1n) is 10.9. The van der Waals surface area contributed by atoms with E-state index in [1.807, 2.05) is 0 Å². The van der Waals surface area contributed by atoms with Gasteiger partial charge in [0.15, 0.2) is 6.61 Å². The minimum atomic E-state index is -3.69. The van der Waals surface area contributed by atoms with E-state index in [0.29, 0.717) is 32.9 Å². The Morgan fingerprint density at radius 1 is 1.00 bits per heavy atom. The fourth-order valence-electron chi connectivity index (χ4n) is 3.05. The second-order valence-corrected chi connectivity index (χ2v) is 10.5. The number of nitrogens with one attached hydrogen (secondary N) is 2. The molecular formula is C25H25BrN4O6S. The van der Waals surface area contributed by atoms with Crippen LogP contribution in [0.1, 0.15) is 5.56 Å². The number of hydrazone groups is 1. The monoisotopic (exact) mass is 588 g/mol. The quantitative estimate of drug-likeness (QED) is 0.261. The highest BCUT2D eigenvalue weighted by Crippen LogP contribution is 2.22. The highest BCUT2D eigenvalue weighted by molar-refractivity contribution is 9.10. The van der Waals surface area contributed by atoms with Crippen molar-refractivity contribution in [2.24, 2.45) is 5.10 Å². The number of carbonyl (C=O) groups excluding carboxylic acids is 2. The molecule has 0 aliphatic rings. The summed E-state index contributed by atoms with van der Waals surface area (Å²) in [6, 6.07) is 20.2. The summed E-state index contributed by atoms with van der Waals surface area (Å²) in [4.78, 5) is 24.4. The minimum Gasteiger partial charge on any atom is -0.497 e. The van der Waals surface area contributed by atoms with Crippen LogP contribution in [0.5, 0.6) is 11.5 Å². The molecule has 2 amide bonds. The molecule has 10 nitrogen and oxygen atoms in total. The zero-order valence-electron chi connectivity index (χ0n) is 20.0. The van der Waals surface area contributed by atoms with Gasteiger partial charge in [-0.3, -0.25) is 13.9 Å². The predicted octanol–water partition coefficient (Wildman–Crippen LogP) is 3.39. The summed E-state index contributed by atoms with van der Waals surface area (Å²) in [5.74, 6) is 0.242.